The van der Waals surface area contributed by atoms with Crippen LogP contribution >= 0.6 is 34.8 Å². The fourth-order valence-corrected chi connectivity index (χ4v) is 10.1. The summed E-state index contributed by atoms with van der Waals surface area (Å²) in [5, 5.41) is 10.8. The number of hydrogen-bond donors (Lipinski definition) is 3. The number of anilines is 3. The van der Waals surface area contributed by atoms with Crippen molar-refractivity contribution >= 4 is 52.6 Å². The first-order chi connectivity index (χ1) is 41.8. The highest BCUT2D eigenvalue weighted by Crippen LogP contribution is 2.24. The van der Waals surface area contributed by atoms with E-state index in [0.717, 1.165) is 101 Å². The summed E-state index contributed by atoms with van der Waals surface area (Å²) in [5.74, 6) is 0.677. The van der Waals surface area contributed by atoms with Crippen LogP contribution in [0, 0.1) is 11.6 Å². The van der Waals surface area contributed by atoms with E-state index in [0.29, 0.717) is 70.1 Å². The lowest BCUT2D eigenvalue weighted by Gasteiger charge is -2.23. The van der Waals surface area contributed by atoms with Gasteiger partial charge in [-0.05, 0) is 128 Å². The SMILES string of the molecule is O=c1cc(-c2ccnc(NC3CCOCC3)n2)ccn1Cc1ccc(Cl)c(F)c1.O=c1cc(-c2ccnc(NC3CCOCC3)n2)ccn1Cc1ccc(Cl)cc1.O=c1cc(-c2ccnc(NC3CCOCC3)n2)ccn1Cc1ccc(F)c(Cl)c1. The van der Waals surface area contributed by atoms with E-state index in [-0.39, 0.29) is 45.4 Å². The van der Waals surface area contributed by atoms with Crippen LogP contribution < -0.4 is 32.6 Å². The van der Waals surface area contributed by atoms with E-state index in [1.807, 2.05) is 48.5 Å². The molecule has 18 nitrogen and oxygen atoms in total. The van der Waals surface area contributed by atoms with Crippen LogP contribution in [0.2, 0.25) is 15.1 Å². The molecule has 0 amide bonds. The number of aromatic nitrogens is 9. The quantitative estimate of drug-likeness (QED) is 0.0873. The summed E-state index contributed by atoms with van der Waals surface area (Å²) in [6.45, 7) is 5.49. The molecule has 3 fully saturated rings. The van der Waals surface area contributed by atoms with Gasteiger partial charge in [0.15, 0.2) is 0 Å². The van der Waals surface area contributed by atoms with Crippen molar-refractivity contribution in [2.75, 3.05) is 55.6 Å². The van der Waals surface area contributed by atoms with Gasteiger partial charge in [0.25, 0.3) is 16.7 Å². The van der Waals surface area contributed by atoms with Crippen molar-refractivity contribution in [3.05, 3.63) is 227 Å². The van der Waals surface area contributed by atoms with Gasteiger partial charge >= 0.3 is 0 Å². The zero-order valence-corrected chi connectivity index (χ0v) is 48.9. The molecule has 12 rings (SSSR count). The summed E-state index contributed by atoms with van der Waals surface area (Å²) >= 11 is 17.4. The van der Waals surface area contributed by atoms with Crippen LogP contribution in [0.5, 0.6) is 0 Å². The van der Waals surface area contributed by atoms with E-state index in [1.165, 1.54) is 45.5 Å². The molecule has 3 saturated heterocycles. The Hall–Kier alpha value is -8.24. The smallest absolute Gasteiger partial charge is 0.251 e. The average molecular weight is 1230 g/mol. The van der Waals surface area contributed by atoms with E-state index in [2.05, 4.69) is 45.9 Å². The number of ether oxygens (including phenoxy) is 3. The number of rotatable bonds is 15. The molecule has 0 bridgehead atoms. The normalized spacial score (nSPS) is 14.7. The molecule has 444 valence electrons. The molecular formula is C63H61Cl3F2N12O6. The lowest BCUT2D eigenvalue weighted by molar-refractivity contribution is 0.0902. The van der Waals surface area contributed by atoms with Gasteiger partial charge in [-0.3, -0.25) is 14.4 Å². The third-order valence-corrected chi connectivity index (χ3v) is 15.3. The molecule has 0 saturated carbocycles. The molecular weight excluding hydrogens is 1170 g/mol. The molecule has 0 atom stereocenters. The Bertz CT molecular complexity index is 3760. The molecule has 0 radical (unpaired) electrons. The second-order valence-corrected chi connectivity index (χ2v) is 21.9. The molecule has 6 aromatic heterocycles. The van der Waals surface area contributed by atoms with Crippen LogP contribution in [-0.4, -0.2) is 101 Å². The molecule has 9 heterocycles. The minimum atomic E-state index is -0.501. The molecule has 3 N–H and O–H groups in total. The maximum Gasteiger partial charge on any atom is 0.251 e. The fraction of sp³-hybridized carbons (Fsp3) is 0.286. The van der Waals surface area contributed by atoms with Gasteiger partial charge in [0, 0.05) is 135 Å². The van der Waals surface area contributed by atoms with E-state index < -0.39 is 11.6 Å². The lowest BCUT2D eigenvalue weighted by Crippen LogP contribution is -2.28. The number of pyridine rings is 3. The Balaban J connectivity index is 0.000000143. The van der Waals surface area contributed by atoms with Crippen molar-refractivity contribution < 1.29 is 23.0 Å². The molecule has 86 heavy (non-hydrogen) atoms. The van der Waals surface area contributed by atoms with Crippen molar-refractivity contribution in [2.45, 2.75) is 76.3 Å². The third kappa shape index (κ3) is 17.2. The highest BCUT2D eigenvalue weighted by molar-refractivity contribution is 6.31. The number of halogens is 5. The maximum atomic E-state index is 13.6. The van der Waals surface area contributed by atoms with Crippen molar-refractivity contribution in [3.63, 3.8) is 0 Å². The van der Waals surface area contributed by atoms with Gasteiger partial charge in [0.05, 0.1) is 46.8 Å². The Morgan fingerprint density at radius 3 is 1.15 bits per heavy atom. The molecule has 3 aromatic carbocycles. The molecule has 0 unspecified atom stereocenters. The Morgan fingerprint density at radius 1 is 0.419 bits per heavy atom. The summed E-state index contributed by atoms with van der Waals surface area (Å²) < 4.78 is 47.8. The highest BCUT2D eigenvalue weighted by Gasteiger charge is 2.19. The number of nitrogens with one attached hydrogen (secondary N) is 3. The van der Waals surface area contributed by atoms with Gasteiger partial charge in [-0.25, -0.2) is 38.7 Å². The van der Waals surface area contributed by atoms with E-state index in [4.69, 9.17) is 49.0 Å². The molecule has 3 aliphatic rings. The van der Waals surface area contributed by atoms with Crippen LogP contribution in [-0.2, 0) is 33.8 Å². The average Bonchev–Trinajstić information content (AvgIpc) is 3.08. The van der Waals surface area contributed by atoms with Crippen molar-refractivity contribution in [2.24, 2.45) is 0 Å². The Labute approximate surface area is 509 Å². The Morgan fingerprint density at radius 2 is 0.779 bits per heavy atom. The first kappa shape index (κ1) is 60.9. The second kappa shape index (κ2) is 29.7. The standard InChI is InChI=1S/2C21H20ClFN4O2.C21H21ClN4O2/c22-17-11-14(1-2-18(17)23)13-27-8-4-15(12-20(27)28)19-3-7-24-21(26-19)25-16-5-9-29-10-6-16;22-17-2-1-14(11-18(17)23)13-27-8-4-15(12-20(27)28)19-3-7-24-21(26-19)25-16-5-9-29-10-6-16;22-17-3-1-15(2-4-17)14-26-10-6-16(13-20(26)27)19-5-9-23-21(25-19)24-18-7-11-28-12-8-18/h2*1-4,7-8,11-12,16H,5-6,9-10,13H2,(H,24,25,26);1-6,9-10,13,18H,7-8,11-12,14H2,(H,23,24,25). The van der Waals surface area contributed by atoms with Gasteiger partial charge in [0.2, 0.25) is 17.8 Å². The number of benzene rings is 3. The second-order valence-electron chi connectivity index (χ2n) is 20.7. The summed E-state index contributed by atoms with van der Waals surface area (Å²) in [6.07, 6.45) is 15.8. The minimum Gasteiger partial charge on any atom is -0.381 e. The van der Waals surface area contributed by atoms with E-state index in [1.54, 1.807) is 72.1 Å². The minimum absolute atomic E-state index is 0.0395. The fourth-order valence-electron chi connectivity index (χ4n) is 9.69. The van der Waals surface area contributed by atoms with Crippen molar-refractivity contribution in [3.8, 4) is 33.8 Å². The third-order valence-electron chi connectivity index (χ3n) is 14.4. The molecule has 0 aliphatic carbocycles. The van der Waals surface area contributed by atoms with Crippen LogP contribution in [0.1, 0.15) is 55.2 Å². The summed E-state index contributed by atoms with van der Waals surface area (Å²) in [5.41, 5.74) is 6.20. The lowest BCUT2D eigenvalue weighted by atomic mass is 10.1. The zero-order valence-electron chi connectivity index (χ0n) is 46.6. The predicted molar refractivity (Wildman–Crippen MR) is 329 cm³/mol. The van der Waals surface area contributed by atoms with Crippen molar-refractivity contribution in [1.82, 2.24) is 43.6 Å². The molecule has 23 heteroatoms. The first-order valence-electron chi connectivity index (χ1n) is 28.1. The highest BCUT2D eigenvalue weighted by atomic mass is 35.5. The summed E-state index contributed by atoms with van der Waals surface area (Å²) in [4.78, 5) is 64.2. The van der Waals surface area contributed by atoms with Gasteiger partial charge in [-0.2, -0.15) is 0 Å². The Kier molecular flexibility index (Phi) is 21.0. The largest absolute Gasteiger partial charge is 0.381 e. The number of nitrogens with zero attached hydrogens (tertiary/aromatic N) is 9. The van der Waals surface area contributed by atoms with Gasteiger partial charge in [0.1, 0.15) is 11.6 Å². The first-order valence-corrected chi connectivity index (χ1v) is 29.2. The monoisotopic (exact) mass is 1220 g/mol. The van der Waals surface area contributed by atoms with E-state index >= 15 is 0 Å². The van der Waals surface area contributed by atoms with Crippen LogP contribution in [0.4, 0.5) is 26.6 Å². The van der Waals surface area contributed by atoms with E-state index in [9.17, 15) is 23.2 Å². The van der Waals surface area contributed by atoms with Crippen LogP contribution in [0.25, 0.3) is 33.8 Å². The van der Waals surface area contributed by atoms with Gasteiger partial charge < -0.3 is 43.9 Å². The predicted octanol–water partition coefficient (Wildman–Crippen LogP) is 11.1. The summed E-state index contributed by atoms with van der Waals surface area (Å²) in [6, 6.07) is 32.9. The molecule has 3 aliphatic heterocycles. The summed E-state index contributed by atoms with van der Waals surface area (Å²) in [7, 11) is 0. The maximum absolute atomic E-state index is 13.6. The molecule has 0 spiro atoms. The van der Waals surface area contributed by atoms with Crippen molar-refractivity contribution in [1.29, 1.82) is 0 Å². The van der Waals surface area contributed by atoms with Gasteiger partial charge in [-0.1, -0.05) is 59.1 Å². The number of hydrogen-bond acceptors (Lipinski definition) is 15. The van der Waals surface area contributed by atoms with Crippen LogP contribution in [0.3, 0.4) is 0 Å². The topological polar surface area (TPSA) is 207 Å². The van der Waals surface area contributed by atoms with Crippen LogP contribution in [0.15, 0.2) is 167 Å². The van der Waals surface area contributed by atoms with Gasteiger partial charge in [-0.15, -0.1) is 0 Å². The molecule has 9 aromatic rings. The zero-order chi connectivity index (χ0) is 59.8.